The maximum Gasteiger partial charge on any atom is 0.0911 e. The van der Waals surface area contributed by atoms with Crippen LogP contribution in [0.3, 0.4) is 0 Å². The van der Waals surface area contributed by atoms with E-state index in [-0.39, 0.29) is 0 Å². The molecule has 0 amide bonds. The Morgan fingerprint density at radius 3 is 2.63 bits per heavy atom. The van der Waals surface area contributed by atoms with Gasteiger partial charge in [-0.3, -0.25) is 0 Å². The Kier molecular flexibility index (Phi) is 6.04. The van der Waals surface area contributed by atoms with Crippen molar-refractivity contribution in [2.45, 2.75) is 26.2 Å². The van der Waals surface area contributed by atoms with E-state index >= 15 is 0 Å². The summed E-state index contributed by atoms with van der Waals surface area (Å²) in [6.45, 7) is 4.50. The molecule has 1 fully saturated rings. The first-order valence-corrected chi connectivity index (χ1v) is 9.52. The Labute approximate surface area is 159 Å². The molecule has 1 aliphatic rings. The predicted octanol–water partition coefficient (Wildman–Crippen LogP) is 3.47. The lowest BCUT2D eigenvalue weighted by atomic mass is 10.1. The molecule has 1 aromatic heterocycles. The zero-order valence-corrected chi connectivity index (χ0v) is 15.4. The van der Waals surface area contributed by atoms with E-state index in [0.717, 1.165) is 44.1 Å². The fraction of sp³-hybridized carbons (Fsp3) is 0.364. The van der Waals surface area contributed by atoms with E-state index in [1.807, 2.05) is 12.1 Å². The number of hydrogen-bond acceptors (Lipinski definition) is 5. The molecule has 5 heteroatoms. The summed E-state index contributed by atoms with van der Waals surface area (Å²) in [5, 5.41) is 14.5. The van der Waals surface area contributed by atoms with Crippen molar-refractivity contribution in [1.82, 2.24) is 15.5 Å². The average Bonchev–Trinajstić information content (AvgIpc) is 3.23. The highest BCUT2D eigenvalue weighted by atomic mass is 16.5. The standard InChI is InChI=1S/C22H25N3O2/c1-2-4-20-11-17(5-6-19(20)3-1)14-27-16-22-8-7-21(24-25-22)13-23-12-18-9-10-26-15-18/h1-8,11,18,23H,9-10,12-16H2. The van der Waals surface area contributed by atoms with E-state index in [1.165, 1.54) is 16.3 Å². The van der Waals surface area contributed by atoms with Crippen LogP contribution in [0, 0.1) is 5.92 Å². The lowest BCUT2D eigenvalue weighted by Crippen LogP contribution is -2.23. The van der Waals surface area contributed by atoms with Gasteiger partial charge in [-0.05, 0) is 46.9 Å². The number of hydrogen-bond donors (Lipinski definition) is 1. The molecule has 27 heavy (non-hydrogen) atoms. The summed E-state index contributed by atoms with van der Waals surface area (Å²) in [6, 6.07) is 18.8. The van der Waals surface area contributed by atoms with Crippen LogP contribution >= 0.6 is 0 Å². The van der Waals surface area contributed by atoms with Crippen LogP contribution in [0.2, 0.25) is 0 Å². The van der Waals surface area contributed by atoms with Gasteiger partial charge >= 0.3 is 0 Å². The summed E-state index contributed by atoms with van der Waals surface area (Å²) in [5.74, 6) is 0.626. The van der Waals surface area contributed by atoms with Gasteiger partial charge in [-0.2, -0.15) is 10.2 Å². The SMILES string of the molecule is c1ccc2cc(COCc3ccc(CNCC4CCOC4)nn3)ccc2c1. The second-order valence-electron chi connectivity index (χ2n) is 7.05. The van der Waals surface area contributed by atoms with Crippen LogP contribution in [0.4, 0.5) is 0 Å². The molecule has 0 aliphatic carbocycles. The number of fused-ring (bicyclic) bond motifs is 1. The second kappa shape index (κ2) is 9.04. The van der Waals surface area contributed by atoms with Gasteiger partial charge in [0.1, 0.15) is 0 Å². The number of benzene rings is 2. The molecule has 0 bridgehead atoms. The van der Waals surface area contributed by atoms with E-state index in [0.29, 0.717) is 19.1 Å². The van der Waals surface area contributed by atoms with Crippen LogP contribution in [0.15, 0.2) is 54.6 Å². The molecule has 1 saturated heterocycles. The van der Waals surface area contributed by atoms with Crippen LogP contribution in [0.25, 0.3) is 10.8 Å². The Bertz CT molecular complexity index is 861. The summed E-state index contributed by atoms with van der Waals surface area (Å²) in [5.41, 5.74) is 2.97. The maximum atomic E-state index is 5.81. The molecule has 0 saturated carbocycles. The first-order valence-electron chi connectivity index (χ1n) is 9.52. The van der Waals surface area contributed by atoms with Crippen molar-refractivity contribution in [3.05, 3.63) is 71.5 Å². The fourth-order valence-electron chi connectivity index (χ4n) is 3.31. The fourth-order valence-corrected chi connectivity index (χ4v) is 3.31. The number of nitrogens with one attached hydrogen (secondary N) is 1. The Morgan fingerprint density at radius 1 is 0.963 bits per heavy atom. The predicted molar refractivity (Wildman–Crippen MR) is 105 cm³/mol. The molecule has 2 heterocycles. The van der Waals surface area contributed by atoms with Gasteiger partial charge in [-0.25, -0.2) is 0 Å². The molecule has 3 aromatic rings. The van der Waals surface area contributed by atoms with Crippen molar-refractivity contribution in [1.29, 1.82) is 0 Å². The van der Waals surface area contributed by atoms with Gasteiger partial charge in [0.2, 0.25) is 0 Å². The van der Waals surface area contributed by atoms with E-state index in [9.17, 15) is 0 Å². The maximum absolute atomic E-state index is 5.81. The molecule has 1 atom stereocenters. The molecule has 4 rings (SSSR count). The van der Waals surface area contributed by atoms with Crippen molar-refractivity contribution >= 4 is 10.8 Å². The largest absolute Gasteiger partial charge is 0.381 e. The number of ether oxygens (including phenoxy) is 2. The van der Waals surface area contributed by atoms with E-state index in [2.05, 4.69) is 58.0 Å². The van der Waals surface area contributed by atoms with Crippen molar-refractivity contribution < 1.29 is 9.47 Å². The Morgan fingerprint density at radius 2 is 1.81 bits per heavy atom. The molecule has 140 valence electrons. The first-order chi connectivity index (χ1) is 13.4. The third kappa shape index (κ3) is 5.10. The molecule has 1 N–H and O–H groups in total. The minimum Gasteiger partial charge on any atom is -0.381 e. The van der Waals surface area contributed by atoms with Crippen LogP contribution in [0.1, 0.15) is 23.4 Å². The quantitative estimate of drug-likeness (QED) is 0.664. The minimum atomic E-state index is 0.465. The zero-order chi connectivity index (χ0) is 18.3. The van der Waals surface area contributed by atoms with Crippen molar-refractivity contribution in [3.8, 4) is 0 Å². The first kappa shape index (κ1) is 18.0. The molecular weight excluding hydrogens is 338 g/mol. The normalized spacial score (nSPS) is 16.8. The van der Waals surface area contributed by atoms with Gasteiger partial charge in [-0.1, -0.05) is 36.4 Å². The molecule has 5 nitrogen and oxygen atoms in total. The second-order valence-corrected chi connectivity index (χ2v) is 7.05. The summed E-state index contributed by atoms with van der Waals surface area (Å²) in [4.78, 5) is 0. The molecule has 0 spiro atoms. The average molecular weight is 363 g/mol. The van der Waals surface area contributed by atoms with Gasteiger partial charge in [-0.15, -0.1) is 0 Å². The third-order valence-electron chi connectivity index (χ3n) is 4.87. The van der Waals surface area contributed by atoms with Crippen LogP contribution < -0.4 is 5.32 Å². The molecule has 0 radical (unpaired) electrons. The smallest absolute Gasteiger partial charge is 0.0911 e. The number of aromatic nitrogens is 2. The molecule has 1 unspecified atom stereocenters. The molecule has 2 aromatic carbocycles. The highest BCUT2D eigenvalue weighted by Crippen LogP contribution is 2.16. The summed E-state index contributed by atoms with van der Waals surface area (Å²) in [7, 11) is 0. The molecular formula is C22H25N3O2. The van der Waals surface area contributed by atoms with Crippen molar-refractivity contribution in [2.75, 3.05) is 19.8 Å². The lowest BCUT2D eigenvalue weighted by Gasteiger charge is -2.09. The lowest BCUT2D eigenvalue weighted by molar-refractivity contribution is 0.104. The highest BCUT2D eigenvalue weighted by molar-refractivity contribution is 5.82. The number of nitrogens with zero attached hydrogens (tertiary/aromatic N) is 2. The number of rotatable bonds is 8. The Hall–Kier alpha value is -2.34. The molecule has 1 aliphatic heterocycles. The van der Waals surface area contributed by atoms with Crippen molar-refractivity contribution in [3.63, 3.8) is 0 Å². The van der Waals surface area contributed by atoms with Crippen LogP contribution in [-0.4, -0.2) is 30.0 Å². The highest BCUT2D eigenvalue weighted by Gasteiger charge is 2.14. The Balaban J connectivity index is 1.22. The summed E-state index contributed by atoms with van der Waals surface area (Å²) < 4.78 is 11.2. The van der Waals surface area contributed by atoms with Gasteiger partial charge in [0.05, 0.1) is 31.2 Å². The van der Waals surface area contributed by atoms with Crippen molar-refractivity contribution in [2.24, 2.45) is 5.92 Å². The third-order valence-corrected chi connectivity index (χ3v) is 4.87. The van der Waals surface area contributed by atoms with E-state index in [4.69, 9.17) is 9.47 Å². The minimum absolute atomic E-state index is 0.465. The van der Waals surface area contributed by atoms with Crippen LogP contribution in [0.5, 0.6) is 0 Å². The topological polar surface area (TPSA) is 56.3 Å². The van der Waals surface area contributed by atoms with Gasteiger partial charge in [0, 0.05) is 19.7 Å². The van der Waals surface area contributed by atoms with E-state index < -0.39 is 0 Å². The zero-order valence-electron chi connectivity index (χ0n) is 15.4. The van der Waals surface area contributed by atoms with Gasteiger partial charge in [0.15, 0.2) is 0 Å². The van der Waals surface area contributed by atoms with Gasteiger partial charge < -0.3 is 14.8 Å². The van der Waals surface area contributed by atoms with E-state index in [1.54, 1.807) is 0 Å². The summed E-state index contributed by atoms with van der Waals surface area (Å²) in [6.07, 6.45) is 1.15. The van der Waals surface area contributed by atoms with Crippen LogP contribution in [-0.2, 0) is 29.2 Å². The summed E-state index contributed by atoms with van der Waals surface area (Å²) >= 11 is 0. The van der Waals surface area contributed by atoms with Gasteiger partial charge in [0.25, 0.3) is 0 Å². The monoisotopic (exact) mass is 363 g/mol.